The van der Waals surface area contributed by atoms with Crippen molar-refractivity contribution < 1.29 is 14.2 Å². The minimum Gasteiger partial charge on any atom is -0.496 e. The van der Waals surface area contributed by atoms with Crippen molar-refractivity contribution in [2.24, 2.45) is 5.92 Å². The van der Waals surface area contributed by atoms with Crippen LogP contribution in [-0.4, -0.2) is 21.3 Å². The fourth-order valence-electron chi connectivity index (χ4n) is 1.80. The van der Waals surface area contributed by atoms with E-state index in [2.05, 4.69) is 6.07 Å². The zero-order valence-electron chi connectivity index (χ0n) is 11.3. The van der Waals surface area contributed by atoms with Gasteiger partial charge in [-0.05, 0) is 24.5 Å². The quantitative estimate of drug-likeness (QED) is 0.778. The topological polar surface area (TPSA) is 51.5 Å². The van der Waals surface area contributed by atoms with Gasteiger partial charge in [-0.25, -0.2) is 0 Å². The van der Waals surface area contributed by atoms with Gasteiger partial charge in [-0.15, -0.1) is 0 Å². The third kappa shape index (κ3) is 3.07. The van der Waals surface area contributed by atoms with Gasteiger partial charge in [0.15, 0.2) is 11.5 Å². The lowest BCUT2D eigenvalue weighted by atomic mass is 9.97. The van der Waals surface area contributed by atoms with Crippen LogP contribution in [0.4, 0.5) is 0 Å². The number of hydrogen-bond acceptors (Lipinski definition) is 4. The van der Waals surface area contributed by atoms with Gasteiger partial charge in [-0.3, -0.25) is 0 Å². The lowest BCUT2D eigenvalue weighted by Gasteiger charge is -2.15. The average molecular weight is 249 g/mol. The van der Waals surface area contributed by atoms with E-state index in [-0.39, 0.29) is 5.92 Å². The van der Waals surface area contributed by atoms with E-state index in [0.717, 1.165) is 17.7 Å². The Kier molecular flexibility index (Phi) is 5.31. The molecular weight excluding hydrogens is 230 g/mol. The molecule has 18 heavy (non-hydrogen) atoms. The monoisotopic (exact) mass is 249 g/mol. The first-order valence-corrected chi connectivity index (χ1v) is 5.88. The lowest BCUT2D eigenvalue weighted by Crippen LogP contribution is -2.03. The van der Waals surface area contributed by atoms with Gasteiger partial charge in [0, 0.05) is 6.07 Å². The zero-order chi connectivity index (χ0) is 13.5. The molecule has 0 aliphatic heterocycles. The van der Waals surface area contributed by atoms with Crippen molar-refractivity contribution in [1.29, 1.82) is 5.26 Å². The predicted octanol–water partition coefficient (Wildman–Crippen LogP) is 2.80. The van der Waals surface area contributed by atoms with Crippen molar-refractivity contribution >= 4 is 0 Å². The van der Waals surface area contributed by atoms with Gasteiger partial charge in [-0.2, -0.15) is 5.26 Å². The summed E-state index contributed by atoms with van der Waals surface area (Å²) in [6.45, 7) is 2.00. The van der Waals surface area contributed by atoms with E-state index in [1.807, 2.05) is 13.0 Å². The van der Waals surface area contributed by atoms with Crippen LogP contribution >= 0.6 is 0 Å². The Morgan fingerprint density at radius 2 is 1.61 bits per heavy atom. The number of rotatable bonds is 6. The summed E-state index contributed by atoms with van der Waals surface area (Å²) in [6.07, 6.45) is 1.46. The first-order valence-electron chi connectivity index (χ1n) is 5.88. The molecule has 1 aromatic rings. The molecule has 0 bridgehead atoms. The van der Waals surface area contributed by atoms with Crippen LogP contribution in [0.3, 0.4) is 0 Å². The molecule has 0 aliphatic carbocycles. The third-order valence-corrected chi connectivity index (χ3v) is 2.93. The maximum absolute atomic E-state index is 9.03. The van der Waals surface area contributed by atoms with Gasteiger partial charge in [0.1, 0.15) is 5.75 Å². The summed E-state index contributed by atoms with van der Waals surface area (Å²) in [4.78, 5) is 0. The SMILES string of the molecule is CCC(C#N)Cc1cc(OC)c(OC)cc1OC. The van der Waals surface area contributed by atoms with Crippen LogP contribution in [0.2, 0.25) is 0 Å². The molecule has 1 unspecified atom stereocenters. The Morgan fingerprint density at radius 3 is 2.06 bits per heavy atom. The Bertz CT molecular complexity index is 437. The van der Waals surface area contributed by atoms with Crippen LogP contribution < -0.4 is 14.2 Å². The molecule has 4 heteroatoms. The summed E-state index contributed by atoms with van der Waals surface area (Å²) < 4.78 is 15.8. The molecule has 0 heterocycles. The predicted molar refractivity (Wildman–Crippen MR) is 69.2 cm³/mol. The second kappa shape index (κ2) is 6.75. The Hall–Kier alpha value is -1.89. The van der Waals surface area contributed by atoms with E-state index in [1.54, 1.807) is 27.4 Å². The van der Waals surface area contributed by atoms with Gasteiger partial charge in [-0.1, -0.05) is 6.92 Å². The number of benzene rings is 1. The van der Waals surface area contributed by atoms with Crippen molar-refractivity contribution in [1.82, 2.24) is 0 Å². The van der Waals surface area contributed by atoms with E-state index < -0.39 is 0 Å². The second-order valence-electron chi connectivity index (χ2n) is 3.96. The molecule has 4 nitrogen and oxygen atoms in total. The second-order valence-corrected chi connectivity index (χ2v) is 3.96. The molecule has 0 radical (unpaired) electrons. The number of ether oxygens (including phenoxy) is 3. The zero-order valence-corrected chi connectivity index (χ0v) is 11.3. The fraction of sp³-hybridized carbons (Fsp3) is 0.500. The van der Waals surface area contributed by atoms with Gasteiger partial charge in [0.25, 0.3) is 0 Å². The largest absolute Gasteiger partial charge is 0.496 e. The maximum Gasteiger partial charge on any atom is 0.164 e. The molecular formula is C14H19NO3. The van der Waals surface area contributed by atoms with Crippen molar-refractivity contribution in [2.75, 3.05) is 21.3 Å². The van der Waals surface area contributed by atoms with Crippen molar-refractivity contribution in [3.05, 3.63) is 17.7 Å². The van der Waals surface area contributed by atoms with E-state index in [1.165, 1.54) is 0 Å². The average Bonchev–Trinajstić information content (AvgIpc) is 2.43. The van der Waals surface area contributed by atoms with Crippen LogP contribution in [0.1, 0.15) is 18.9 Å². The summed E-state index contributed by atoms with van der Waals surface area (Å²) >= 11 is 0. The van der Waals surface area contributed by atoms with Crippen molar-refractivity contribution in [2.45, 2.75) is 19.8 Å². The normalized spacial score (nSPS) is 11.5. The molecule has 0 fully saturated rings. The van der Waals surface area contributed by atoms with Crippen molar-refractivity contribution in [3.63, 3.8) is 0 Å². The molecule has 0 spiro atoms. The summed E-state index contributed by atoms with van der Waals surface area (Å²) in [7, 11) is 4.79. The Balaban J connectivity index is 3.13. The highest BCUT2D eigenvalue weighted by atomic mass is 16.5. The summed E-state index contributed by atoms with van der Waals surface area (Å²) in [6, 6.07) is 5.95. The molecule has 98 valence electrons. The molecule has 0 amide bonds. The summed E-state index contributed by atoms with van der Waals surface area (Å²) in [5, 5.41) is 9.03. The molecule has 1 atom stereocenters. The number of methoxy groups -OCH3 is 3. The minimum absolute atomic E-state index is 0.0167. The number of hydrogen-bond donors (Lipinski definition) is 0. The molecule has 1 rings (SSSR count). The Morgan fingerprint density at radius 1 is 1.06 bits per heavy atom. The highest BCUT2D eigenvalue weighted by molar-refractivity contribution is 5.51. The van der Waals surface area contributed by atoms with Crippen LogP contribution in [0.15, 0.2) is 12.1 Å². The molecule has 0 saturated carbocycles. The van der Waals surface area contributed by atoms with Gasteiger partial charge < -0.3 is 14.2 Å². The van der Waals surface area contributed by atoms with Crippen molar-refractivity contribution in [3.8, 4) is 23.3 Å². The first kappa shape index (κ1) is 14.2. The maximum atomic E-state index is 9.03. The third-order valence-electron chi connectivity index (χ3n) is 2.93. The number of nitriles is 1. The molecule has 1 aromatic carbocycles. The summed E-state index contributed by atoms with van der Waals surface area (Å²) in [5.74, 6) is 1.99. The van der Waals surface area contributed by atoms with E-state index in [0.29, 0.717) is 17.9 Å². The summed E-state index contributed by atoms with van der Waals surface area (Å²) in [5.41, 5.74) is 0.962. The van der Waals surface area contributed by atoms with Crippen LogP contribution in [0.25, 0.3) is 0 Å². The highest BCUT2D eigenvalue weighted by Crippen LogP contribution is 2.35. The van der Waals surface area contributed by atoms with E-state index in [9.17, 15) is 0 Å². The van der Waals surface area contributed by atoms with Gasteiger partial charge in [0.05, 0.1) is 33.3 Å². The molecule has 0 N–H and O–H groups in total. The van der Waals surface area contributed by atoms with E-state index in [4.69, 9.17) is 19.5 Å². The smallest absolute Gasteiger partial charge is 0.164 e. The van der Waals surface area contributed by atoms with E-state index >= 15 is 0 Å². The van der Waals surface area contributed by atoms with Crippen LogP contribution in [0, 0.1) is 17.2 Å². The molecule has 0 aliphatic rings. The lowest BCUT2D eigenvalue weighted by molar-refractivity contribution is 0.347. The standard InChI is InChI=1S/C14H19NO3/c1-5-10(9-15)6-11-7-13(17-3)14(18-4)8-12(11)16-2/h7-8,10H,5-6H2,1-4H3. The highest BCUT2D eigenvalue weighted by Gasteiger charge is 2.15. The molecule has 0 aromatic heterocycles. The molecule has 0 saturated heterocycles. The van der Waals surface area contributed by atoms with Gasteiger partial charge in [0.2, 0.25) is 0 Å². The number of nitrogens with zero attached hydrogens (tertiary/aromatic N) is 1. The minimum atomic E-state index is -0.0167. The van der Waals surface area contributed by atoms with Gasteiger partial charge >= 0.3 is 0 Å². The Labute approximate surface area is 108 Å². The first-order chi connectivity index (χ1) is 8.69. The fourth-order valence-corrected chi connectivity index (χ4v) is 1.80. The van der Waals surface area contributed by atoms with Crippen LogP contribution in [0.5, 0.6) is 17.2 Å². The van der Waals surface area contributed by atoms with Crippen LogP contribution in [-0.2, 0) is 6.42 Å².